The molecule has 0 aliphatic rings. The molecule has 0 saturated heterocycles. The normalized spacial score (nSPS) is 10.6. The third-order valence-corrected chi connectivity index (χ3v) is 3.67. The van der Waals surface area contributed by atoms with Gasteiger partial charge >= 0.3 is 0 Å². The van der Waals surface area contributed by atoms with E-state index < -0.39 is 28.8 Å². The molecule has 10 heteroatoms. The number of hydrogen-bond acceptors (Lipinski definition) is 5. The number of nitro groups is 1. The Morgan fingerprint density at radius 3 is 2.74 bits per heavy atom. The van der Waals surface area contributed by atoms with Crippen LogP contribution in [0.5, 0.6) is 0 Å². The molecule has 0 spiro atoms. The first kappa shape index (κ1) is 18.0. The van der Waals surface area contributed by atoms with E-state index in [9.17, 15) is 24.1 Å². The number of para-hydroxylation sites is 1. The summed E-state index contributed by atoms with van der Waals surface area (Å²) in [5.74, 6) is -0.929. The lowest BCUT2D eigenvalue weighted by molar-refractivity contribution is -0.385. The average molecular weight is 371 g/mol. The maximum Gasteiger partial charge on any atom is 0.285 e. The van der Waals surface area contributed by atoms with Crippen molar-refractivity contribution in [1.29, 1.82) is 0 Å². The van der Waals surface area contributed by atoms with Gasteiger partial charge in [0.2, 0.25) is 5.91 Å². The summed E-state index contributed by atoms with van der Waals surface area (Å²) in [6.45, 7) is 1.24. The van der Waals surface area contributed by atoms with Crippen molar-refractivity contribution in [2.24, 2.45) is 0 Å². The second-order valence-electron chi connectivity index (χ2n) is 5.69. The van der Waals surface area contributed by atoms with Gasteiger partial charge in [-0.2, -0.15) is 5.10 Å². The smallest absolute Gasteiger partial charge is 0.285 e. The zero-order chi connectivity index (χ0) is 19.6. The van der Waals surface area contributed by atoms with Crippen LogP contribution in [0.15, 0.2) is 53.5 Å². The third-order valence-electron chi connectivity index (χ3n) is 3.67. The van der Waals surface area contributed by atoms with Crippen LogP contribution < -0.4 is 10.9 Å². The average Bonchev–Trinajstić information content (AvgIpc) is 2.97. The van der Waals surface area contributed by atoms with Crippen molar-refractivity contribution in [2.45, 2.75) is 13.5 Å². The van der Waals surface area contributed by atoms with Gasteiger partial charge < -0.3 is 5.32 Å². The van der Waals surface area contributed by atoms with Crippen molar-refractivity contribution in [3.63, 3.8) is 0 Å². The number of nitrogens with one attached hydrogen (secondary N) is 1. The molecule has 2 aromatic heterocycles. The Morgan fingerprint density at radius 2 is 2.04 bits per heavy atom. The number of carbonyl (C=O) groups excluding carboxylic acids is 1. The molecule has 0 radical (unpaired) electrons. The first-order valence-corrected chi connectivity index (χ1v) is 7.81. The summed E-state index contributed by atoms with van der Waals surface area (Å²) in [5, 5.41) is 17.5. The number of rotatable bonds is 5. The topological polar surface area (TPSA) is 112 Å². The number of pyridine rings is 1. The van der Waals surface area contributed by atoms with E-state index in [1.807, 2.05) is 0 Å². The van der Waals surface area contributed by atoms with Gasteiger partial charge in [0.15, 0.2) is 0 Å². The summed E-state index contributed by atoms with van der Waals surface area (Å²) in [6, 6.07) is 9.54. The highest BCUT2D eigenvalue weighted by atomic mass is 19.1. The Kier molecular flexibility index (Phi) is 4.79. The number of nitrogens with zero attached hydrogens (tertiary/aromatic N) is 4. The fourth-order valence-corrected chi connectivity index (χ4v) is 2.48. The molecule has 0 saturated carbocycles. The van der Waals surface area contributed by atoms with Gasteiger partial charge in [0.05, 0.1) is 16.8 Å². The summed E-state index contributed by atoms with van der Waals surface area (Å²) in [6.07, 6.45) is 0.987. The van der Waals surface area contributed by atoms with Gasteiger partial charge in [0, 0.05) is 18.2 Å². The predicted molar refractivity (Wildman–Crippen MR) is 94.2 cm³/mol. The van der Waals surface area contributed by atoms with E-state index in [0.29, 0.717) is 5.69 Å². The van der Waals surface area contributed by atoms with E-state index in [1.54, 1.807) is 19.1 Å². The summed E-state index contributed by atoms with van der Waals surface area (Å²) in [4.78, 5) is 34.3. The summed E-state index contributed by atoms with van der Waals surface area (Å²) < 4.78 is 16.2. The van der Waals surface area contributed by atoms with Crippen molar-refractivity contribution >= 4 is 17.4 Å². The first-order valence-electron chi connectivity index (χ1n) is 7.81. The third kappa shape index (κ3) is 3.89. The number of anilines is 1. The van der Waals surface area contributed by atoms with E-state index in [0.717, 1.165) is 22.9 Å². The molecule has 1 aromatic carbocycles. The van der Waals surface area contributed by atoms with Crippen LogP contribution in [0.25, 0.3) is 5.69 Å². The van der Waals surface area contributed by atoms with Crippen LogP contribution in [-0.2, 0) is 11.3 Å². The fourth-order valence-electron chi connectivity index (χ4n) is 2.48. The van der Waals surface area contributed by atoms with Crippen molar-refractivity contribution in [3.8, 4) is 5.69 Å². The van der Waals surface area contributed by atoms with Crippen LogP contribution in [-0.4, -0.2) is 25.2 Å². The highest BCUT2D eigenvalue weighted by molar-refractivity contribution is 5.90. The lowest BCUT2D eigenvalue weighted by Gasteiger charge is -2.10. The van der Waals surface area contributed by atoms with Crippen LogP contribution in [0.1, 0.15) is 5.69 Å². The van der Waals surface area contributed by atoms with Gasteiger partial charge in [-0.05, 0) is 19.1 Å². The zero-order valence-electron chi connectivity index (χ0n) is 14.1. The van der Waals surface area contributed by atoms with Crippen molar-refractivity contribution in [3.05, 3.63) is 80.6 Å². The van der Waals surface area contributed by atoms with Gasteiger partial charge in [-0.1, -0.05) is 12.1 Å². The molecule has 9 nitrogen and oxygen atoms in total. The number of carbonyl (C=O) groups is 1. The van der Waals surface area contributed by atoms with E-state index in [1.165, 1.54) is 22.9 Å². The van der Waals surface area contributed by atoms with Gasteiger partial charge in [-0.3, -0.25) is 24.3 Å². The SMILES string of the molecule is Cc1cc(NC(=O)Cn2cc([N+](=O)[O-])ccc2=O)n(-c2ccccc2F)n1. The molecule has 0 bridgehead atoms. The molecule has 0 aliphatic heterocycles. The molecule has 2 heterocycles. The second-order valence-corrected chi connectivity index (χ2v) is 5.69. The number of aryl methyl sites for hydroxylation is 1. The summed E-state index contributed by atoms with van der Waals surface area (Å²) >= 11 is 0. The van der Waals surface area contributed by atoms with Gasteiger partial charge in [-0.15, -0.1) is 0 Å². The highest BCUT2D eigenvalue weighted by Crippen LogP contribution is 2.19. The Morgan fingerprint density at radius 1 is 1.30 bits per heavy atom. The van der Waals surface area contributed by atoms with E-state index >= 15 is 0 Å². The molecule has 0 aliphatic carbocycles. The maximum atomic E-state index is 14.0. The Balaban J connectivity index is 1.86. The molecular weight excluding hydrogens is 357 g/mol. The molecule has 3 aromatic rings. The van der Waals surface area contributed by atoms with Gasteiger partial charge in [0.25, 0.3) is 11.2 Å². The number of benzene rings is 1. The first-order chi connectivity index (χ1) is 12.8. The number of halogens is 1. The molecule has 1 amide bonds. The number of amides is 1. The minimum absolute atomic E-state index is 0.147. The second kappa shape index (κ2) is 7.20. The fraction of sp³-hybridized carbons (Fsp3) is 0.118. The zero-order valence-corrected chi connectivity index (χ0v) is 14.1. The van der Waals surface area contributed by atoms with Crippen LogP contribution in [0.4, 0.5) is 15.9 Å². The Labute approximate surface area is 151 Å². The van der Waals surface area contributed by atoms with Crippen LogP contribution in [0.2, 0.25) is 0 Å². The molecule has 0 atom stereocenters. The van der Waals surface area contributed by atoms with Gasteiger partial charge in [-0.25, -0.2) is 9.07 Å². The highest BCUT2D eigenvalue weighted by Gasteiger charge is 2.15. The predicted octanol–water partition coefficient (Wildman–Crippen LogP) is 2.03. The number of hydrogen-bond donors (Lipinski definition) is 1. The largest absolute Gasteiger partial charge is 0.309 e. The van der Waals surface area contributed by atoms with Gasteiger partial charge in [0.1, 0.15) is 23.9 Å². The molecule has 3 rings (SSSR count). The van der Waals surface area contributed by atoms with E-state index in [4.69, 9.17) is 0 Å². The minimum Gasteiger partial charge on any atom is -0.309 e. The molecular formula is C17H14FN5O4. The molecule has 27 heavy (non-hydrogen) atoms. The molecule has 138 valence electrons. The van der Waals surface area contributed by atoms with E-state index in [-0.39, 0.29) is 17.2 Å². The van der Waals surface area contributed by atoms with Crippen molar-refractivity contribution < 1.29 is 14.1 Å². The Bertz CT molecular complexity index is 1090. The van der Waals surface area contributed by atoms with Crippen molar-refractivity contribution in [2.75, 3.05) is 5.32 Å². The summed E-state index contributed by atoms with van der Waals surface area (Å²) in [5.41, 5.74) is -0.182. The minimum atomic E-state index is -0.662. The van der Waals surface area contributed by atoms with E-state index in [2.05, 4.69) is 10.4 Å². The standard InChI is InChI=1S/C17H14FN5O4/c1-11-8-15(22(20-11)14-5-3-2-4-13(14)18)19-16(24)10-21-9-12(23(26)27)6-7-17(21)25/h2-9H,10H2,1H3,(H,19,24). The monoisotopic (exact) mass is 371 g/mol. The Hall–Kier alpha value is -3.82. The van der Waals surface area contributed by atoms with Crippen molar-refractivity contribution in [1.82, 2.24) is 14.3 Å². The molecule has 0 fully saturated rings. The number of aromatic nitrogens is 3. The lowest BCUT2D eigenvalue weighted by atomic mass is 10.3. The van der Waals surface area contributed by atoms with Crippen LogP contribution in [0.3, 0.4) is 0 Å². The molecule has 0 unspecified atom stereocenters. The van der Waals surface area contributed by atoms with Crippen LogP contribution in [0, 0.1) is 22.9 Å². The quantitative estimate of drug-likeness (QED) is 0.545. The summed E-state index contributed by atoms with van der Waals surface area (Å²) in [7, 11) is 0. The maximum absolute atomic E-state index is 14.0. The lowest BCUT2D eigenvalue weighted by Crippen LogP contribution is -2.27. The van der Waals surface area contributed by atoms with Crippen LogP contribution >= 0.6 is 0 Å². The molecule has 1 N–H and O–H groups in total.